The third kappa shape index (κ3) is 4.58. The number of nitrogens with zero attached hydrogens (tertiary/aromatic N) is 3. The number of aryl methyl sites for hydroxylation is 3. The zero-order chi connectivity index (χ0) is 25.2. The minimum Gasteiger partial charge on any atom is -0.486 e. The van der Waals surface area contributed by atoms with Gasteiger partial charge < -0.3 is 19.5 Å². The van der Waals surface area contributed by atoms with Gasteiger partial charge in [-0.15, -0.1) is 0 Å². The Morgan fingerprint density at radius 2 is 1.89 bits per heavy atom. The first-order valence-electron chi connectivity index (χ1n) is 12.2. The largest absolute Gasteiger partial charge is 0.486 e. The van der Waals surface area contributed by atoms with E-state index in [0.29, 0.717) is 49.3 Å². The lowest BCUT2D eigenvalue weighted by molar-refractivity contribution is -0.116. The summed E-state index contributed by atoms with van der Waals surface area (Å²) >= 11 is 0. The first-order chi connectivity index (χ1) is 17.4. The third-order valence-electron chi connectivity index (χ3n) is 6.28. The second-order valence-corrected chi connectivity index (χ2v) is 8.89. The predicted molar refractivity (Wildman–Crippen MR) is 139 cm³/mol. The van der Waals surface area contributed by atoms with Crippen LogP contribution in [0, 0.1) is 20.8 Å². The normalized spacial score (nSPS) is 12.6. The van der Waals surface area contributed by atoms with Gasteiger partial charge in [-0.2, -0.15) is 10.1 Å². The van der Waals surface area contributed by atoms with Gasteiger partial charge in [-0.05, 0) is 69.5 Å². The Morgan fingerprint density at radius 1 is 1.08 bits per heavy atom. The summed E-state index contributed by atoms with van der Waals surface area (Å²) in [7, 11) is 0. The lowest BCUT2D eigenvalue weighted by atomic mass is 10.0. The van der Waals surface area contributed by atoms with E-state index < -0.39 is 0 Å². The maximum Gasteiger partial charge on any atom is 0.224 e. The van der Waals surface area contributed by atoms with Gasteiger partial charge in [0.1, 0.15) is 13.2 Å². The van der Waals surface area contributed by atoms with E-state index in [-0.39, 0.29) is 12.3 Å². The number of nitrogens with one attached hydrogen (secondary N) is 1. The molecule has 0 spiro atoms. The van der Waals surface area contributed by atoms with Crippen molar-refractivity contribution in [3.05, 3.63) is 64.8 Å². The molecule has 8 heteroatoms. The van der Waals surface area contributed by atoms with Gasteiger partial charge in [0, 0.05) is 29.1 Å². The number of carbonyl (C=O) groups excluding carboxylic acids is 1. The van der Waals surface area contributed by atoms with Crippen LogP contribution in [0.2, 0.25) is 0 Å². The van der Waals surface area contributed by atoms with E-state index in [2.05, 4.69) is 31.3 Å². The molecule has 1 N–H and O–H groups in total. The van der Waals surface area contributed by atoms with Crippen LogP contribution in [0.5, 0.6) is 17.4 Å². The number of amides is 1. The molecule has 36 heavy (non-hydrogen) atoms. The standard InChI is InChI=1S/C28H30N4O4/c1-5-34-28-22(10-12-25(33)29-20-9-11-23-24(16-20)36-14-13-35-23)18(3)26-19(4)31-32(27(26)30-28)21-8-6-7-17(2)15-21/h6-9,11,15-16H,5,10,12-14H2,1-4H3,(H,29,33). The number of hydrogen-bond acceptors (Lipinski definition) is 6. The van der Waals surface area contributed by atoms with Crippen LogP contribution in [0.3, 0.4) is 0 Å². The molecule has 0 saturated carbocycles. The van der Waals surface area contributed by atoms with E-state index in [9.17, 15) is 4.79 Å². The number of anilines is 1. The van der Waals surface area contributed by atoms with E-state index >= 15 is 0 Å². The molecule has 5 rings (SSSR count). The SMILES string of the molecule is CCOc1nc2c(c(C)nn2-c2cccc(C)c2)c(C)c1CCC(=O)Nc1ccc2c(c1)OCCO2. The first kappa shape index (κ1) is 23.7. The zero-order valence-corrected chi connectivity index (χ0v) is 21.1. The van der Waals surface area contributed by atoms with Gasteiger partial charge in [0.05, 0.1) is 18.0 Å². The fourth-order valence-electron chi connectivity index (χ4n) is 4.61. The van der Waals surface area contributed by atoms with Crippen molar-refractivity contribution in [2.24, 2.45) is 0 Å². The Labute approximate surface area is 210 Å². The van der Waals surface area contributed by atoms with Crippen LogP contribution in [-0.2, 0) is 11.2 Å². The fourth-order valence-corrected chi connectivity index (χ4v) is 4.61. The van der Waals surface area contributed by atoms with Gasteiger partial charge in [0.15, 0.2) is 17.1 Å². The molecule has 1 aliphatic heterocycles. The molecular formula is C28H30N4O4. The highest BCUT2D eigenvalue weighted by molar-refractivity contribution is 5.91. The molecule has 0 unspecified atom stereocenters. The Kier molecular flexibility index (Phi) is 6.50. The van der Waals surface area contributed by atoms with Crippen LogP contribution < -0.4 is 19.5 Å². The first-order valence-corrected chi connectivity index (χ1v) is 12.2. The van der Waals surface area contributed by atoms with Crippen molar-refractivity contribution < 1.29 is 19.0 Å². The molecule has 1 aliphatic rings. The quantitative estimate of drug-likeness (QED) is 0.392. The highest BCUT2D eigenvalue weighted by Gasteiger charge is 2.21. The van der Waals surface area contributed by atoms with E-state index in [1.54, 1.807) is 6.07 Å². The highest BCUT2D eigenvalue weighted by atomic mass is 16.6. The van der Waals surface area contributed by atoms with Crippen molar-refractivity contribution in [1.82, 2.24) is 14.8 Å². The number of benzene rings is 2. The molecule has 2 aromatic carbocycles. The molecule has 0 saturated heterocycles. The summed E-state index contributed by atoms with van der Waals surface area (Å²) in [6, 6.07) is 13.6. The lowest BCUT2D eigenvalue weighted by Gasteiger charge is -2.19. The smallest absolute Gasteiger partial charge is 0.224 e. The van der Waals surface area contributed by atoms with Crippen LogP contribution in [0.1, 0.15) is 35.7 Å². The summed E-state index contributed by atoms with van der Waals surface area (Å²) in [5, 5.41) is 8.74. The average Bonchev–Trinajstić information content (AvgIpc) is 3.20. The lowest BCUT2D eigenvalue weighted by Crippen LogP contribution is -2.17. The van der Waals surface area contributed by atoms with Crippen LogP contribution >= 0.6 is 0 Å². The molecule has 0 bridgehead atoms. The van der Waals surface area contributed by atoms with E-state index in [1.165, 1.54) is 0 Å². The van der Waals surface area contributed by atoms with Gasteiger partial charge in [0.2, 0.25) is 11.8 Å². The summed E-state index contributed by atoms with van der Waals surface area (Å²) in [5.41, 5.74) is 6.38. The van der Waals surface area contributed by atoms with Crippen LogP contribution in [0.4, 0.5) is 5.69 Å². The predicted octanol–water partition coefficient (Wildman–Crippen LogP) is 5.09. The molecular weight excluding hydrogens is 456 g/mol. The molecule has 186 valence electrons. The summed E-state index contributed by atoms with van der Waals surface area (Å²) in [4.78, 5) is 17.7. The van der Waals surface area contributed by atoms with Gasteiger partial charge in [-0.25, -0.2) is 4.68 Å². The Hall–Kier alpha value is -4.07. The number of ether oxygens (including phenoxy) is 3. The summed E-state index contributed by atoms with van der Waals surface area (Å²) in [6.07, 6.45) is 0.781. The molecule has 0 atom stereocenters. The van der Waals surface area contributed by atoms with Gasteiger partial charge in [0.25, 0.3) is 0 Å². The molecule has 8 nitrogen and oxygen atoms in total. The average molecular weight is 487 g/mol. The molecule has 0 radical (unpaired) electrons. The molecule has 0 fully saturated rings. The van der Waals surface area contributed by atoms with Crippen LogP contribution in [0.25, 0.3) is 16.7 Å². The van der Waals surface area contributed by atoms with E-state index in [1.807, 2.05) is 42.8 Å². The number of pyridine rings is 1. The van der Waals surface area contributed by atoms with Gasteiger partial charge in [-0.1, -0.05) is 12.1 Å². The van der Waals surface area contributed by atoms with Crippen molar-refractivity contribution in [1.29, 1.82) is 0 Å². The second-order valence-electron chi connectivity index (χ2n) is 8.89. The maximum atomic E-state index is 12.8. The fraction of sp³-hybridized carbons (Fsp3) is 0.321. The highest BCUT2D eigenvalue weighted by Crippen LogP contribution is 2.34. The van der Waals surface area contributed by atoms with Crippen molar-refractivity contribution in [2.75, 3.05) is 25.1 Å². The maximum absolute atomic E-state index is 12.8. The van der Waals surface area contributed by atoms with Crippen molar-refractivity contribution >= 4 is 22.6 Å². The monoisotopic (exact) mass is 486 g/mol. The topological polar surface area (TPSA) is 87.5 Å². The van der Waals surface area contributed by atoms with Gasteiger partial charge >= 0.3 is 0 Å². The van der Waals surface area contributed by atoms with Crippen molar-refractivity contribution in [2.45, 2.75) is 40.5 Å². The third-order valence-corrected chi connectivity index (χ3v) is 6.28. The van der Waals surface area contributed by atoms with Crippen molar-refractivity contribution in [3.8, 4) is 23.1 Å². The molecule has 2 aromatic heterocycles. The van der Waals surface area contributed by atoms with Gasteiger partial charge in [-0.3, -0.25) is 4.79 Å². The number of carbonyl (C=O) groups is 1. The summed E-state index contributed by atoms with van der Waals surface area (Å²) < 4.78 is 19.0. The minimum atomic E-state index is -0.0965. The molecule has 0 aliphatic carbocycles. The Balaban J connectivity index is 1.41. The number of fused-ring (bicyclic) bond motifs is 2. The number of rotatable bonds is 7. The summed E-state index contributed by atoms with van der Waals surface area (Å²) in [6.45, 7) is 9.54. The molecule has 4 aromatic rings. The van der Waals surface area contributed by atoms with Crippen molar-refractivity contribution in [3.63, 3.8) is 0 Å². The Bertz CT molecular complexity index is 1440. The Morgan fingerprint density at radius 3 is 2.67 bits per heavy atom. The minimum absolute atomic E-state index is 0.0965. The van der Waals surface area contributed by atoms with Crippen LogP contribution in [0.15, 0.2) is 42.5 Å². The van der Waals surface area contributed by atoms with E-state index in [4.69, 9.17) is 24.3 Å². The zero-order valence-electron chi connectivity index (χ0n) is 21.1. The second kappa shape index (κ2) is 9.89. The van der Waals surface area contributed by atoms with Crippen LogP contribution in [-0.4, -0.2) is 40.5 Å². The molecule has 1 amide bonds. The number of hydrogen-bond donors (Lipinski definition) is 1. The summed E-state index contributed by atoms with van der Waals surface area (Å²) in [5.74, 6) is 1.78. The number of aromatic nitrogens is 3. The van der Waals surface area contributed by atoms with E-state index in [0.717, 1.165) is 39.1 Å². The molecule has 3 heterocycles.